The molecule has 0 radical (unpaired) electrons. The van der Waals surface area contributed by atoms with Crippen LogP contribution in [0.2, 0.25) is 0 Å². The summed E-state index contributed by atoms with van der Waals surface area (Å²) in [5.41, 5.74) is 33.4. The maximum atomic E-state index is 13.8. The fourth-order valence-corrected chi connectivity index (χ4v) is 7.08. The molecule has 0 aliphatic rings. The highest BCUT2D eigenvalue weighted by atomic mass is 32.1. The van der Waals surface area contributed by atoms with Crippen LogP contribution in [-0.4, -0.2) is 174 Å². The molecule has 0 spiro atoms. The molecule has 0 saturated carbocycles. The summed E-state index contributed by atoms with van der Waals surface area (Å²) in [5, 5.41) is 40.7. The number of unbranched alkanes of at least 4 members (excludes halogenated alkanes) is 1. The third kappa shape index (κ3) is 27.6. The molecule has 0 saturated heterocycles. The first-order valence-corrected chi connectivity index (χ1v) is 25.2. The summed E-state index contributed by atoms with van der Waals surface area (Å²) in [6.07, 6.45) is -0.614. The molecule has 430 valence electrons. The Hall–Kier alpha value is -7.64. The number of aliphatic imine (C=N–C) groups is 1. The van der Waals surface area contributed by atoms with Crippen LogP contribution < -0.4 is 82.3 Å². The Morgan fingerprint density at radius 2 is 1.04 bits per heavy atom. The minimum Gasteiger partial charge on any atom is -0.481 e. The molecule has 1 aromatic rings. The summed E-state index contributed by atoms with van der Waals surface area (Å²) in [6, 6.07) is -2.90. The summed E-state index contributed by atoms with van der Waals surface area (Å²) in [4.78, 5) is 159. The first kappa shape index (κ1) is 67.4. The summed E-state index contributed by atoms with van der Waals surface area (Å²) in [7, 11) is 0. The molecule has 0 fully saturated rings. The van der Waals surface area contributed by atoms with E-state index in [0.29, 0.717) is 24.9 Å². The lowest BCUT2D eigenvalue weighted by molar-refractivity contribution is -0.138. The fraction of sp³-hybridized carbons (Fsp3) is 0.587. The number of thiol groups is 1. The van der Waals surface area contributed by atoms with Gasteiger partial charge >= 0.3 is 5.97 Å². The smallest absolute Gasteiger partial charge is 0.303 e. The Bertz CT molecular complexity index is 2200. The van der Waals surface area contributed by atoms with Gasteiger partial charge in [-0.3, -0.25) is 62.5 Å². The van der Waals surface area contributed by atoms with E-state index < -0.39 is 158 Å². The van der Waals surface area contributed by atoms with Gasteiger partial charge in [0.25, 0.3) is 0 Å². The van der Waals surface area contributed by atoms with Crippen LogP contribution in [-0.2, 0) is 64.0 Å². The van der Waals surface area contributed by atoms with Crippen molar-refractivity contribution in [3.63, 3.8) is 0 Å². The van der Waals surface area contributed by atoms with E-state index in [1.165, 1.54) is 0 Å². The lowest BCUT2D eigenvalue weighted by Crippen LogP contribution is -2.60. The Morgan fingerprint density at radius 1 is 0.571 bits per heavy atom. The van der Waals surface area contributed by atoms with Gasteiger partial charge in [-0.05, 0) is 63.0 Å². The van der Waals surface area contributed by atoms with Gasteiger partial charge in [-0.1, -0.05) is 44.2 Å². The number of aliphatic hydroxyl groups is 1. The molecule has 0 unspecified atom stereocenters. The van der Waals surface area contributed by atoms with E-state index in [1.807, 2.05) is 0 Å². The molecule has 0 aliphatic carbocycles. The van der Waals surface area contributed by atoms with E-state index in [9.17, 15) is 67.7 Å². The Labute approximate surface area is 450 Å². The van der Waals surface area contributed by atoms with E-state index in [1.54, 1.807) is 44.2 Å². The van der Waals surface area contributed by atoms with Crippen molar-refractivity contribution in [2.75, 3.05) is 38.5 Å². The molecule has 30 nitrogen and oxygen atoms in total. The summed E-state index contributed by atoms with van der Waals surface area (Å²) < 4.78 is 0. The van der Waals surface area contributed by atoms with E-state index in [0.717, 1.165) is 0 Å². The predicted octanol–water partition coefficient (Wildman–Crippen LogP) is -7.44. The topological polar surface area (TPSA) is 522 Å². The lowest BCUT2D eigenvalue weighted by Gasteiger charge is -2.26. The molecule has 0 heterocycles. The number of nitrogens with one attached hydrogen (secondary N) is 9. The van der Waals surface area contributed by atoms with Gasteiger partial charge in [-0.2, -0.15) is 12.6 Å². The molecule has 11 amide bonds. The minimum absolute atomic E-state index is 0.0110. The number of nitrogens with zero attached hydrogens (tertiary/aromatic N) is 1. The van der Waals surface area contributed by atoms with Crippen LogP contribution in [0.1, 0.15) is 77.2 Å². The Morgan fingerprint density at radius 3 is 1.56 bits per heavy atom. The summed E-state index contributed by atoms with van der Waals surface area (Å²) in [5.74, 6) is -12.5. The number of carboxylic acids is 1. The molecule has 0 bridgehead atoms. The fourth-order valence-electron chi connectivity index (χ4n) is 6.82. The Balaban J connectivity index is 3.21. The monoisotopic (exact) mass is 1110 g/mol. The van der Waals surface area contributed by atoms with Crippen molar-refractivity contribution in [3.8, 4) is 0 Å². The second-order valence-corrected chi connectivity index (χ2v) is 18.2. The first-order chi connectivity index (χ1) is 36.3. The van der Waals surface area contributed by atoms with Crippen molar-refractivity contribution >= 4 is 89.5 Å². The van der Waals surface area contributed by atoms with Crippen molar-refractivity contribution < 1.29 is 67.7 Å². The van der Waals surface area contributed by atoms with Gasteiger partial charge in [-0.25, -0.2) is 0 Å². The van der Waals surface area contributed by atoms with E-state index in [-0.39, 0.29) is 56.9 Å². The molecule has 23 N–H and O–H groups in total. The molecule has 0 aliphatic heterocycles. The van der Waals surface area contributed by atoms with Gasteiger partial charge in [0.15, 0.2) is 5.96 Å². The molecular formula is C46H76N16O14S. The number of carboxylic acid groups (broad SMARTS) is 1. The maximum absolute atomic E-state index is 13.8. The number of aliphatic carboxylic acids is 1. The largest absolute Gasteiger partial charge is 0.481 e. The van der Waals surface area contributed by atoms with Gasteiger partial charge in [-0.15, -0.1) is 0 Å². The zero-order valence-corrected chi connectivity index (χ0v) is 43.9. The molecular weight excluding hydrogens is 1030 g/mol. The first-order valence-electron chi connectivity index (χ1n) is 24.6. The molecule has 1 rings (SSSR count). The van der Waals surface area contributed by atoms with Crippen LogP contribution in [0, 0.1) is 5.92 Å². The SMILES string of the molecule is CC(C)[C@H](N)C(=O)N[C@@H](CCC(N)=O)C(=O)NCC(=O)N[C@@H](CO)C(=O)N[C@@H](CCC(=O)O)C(=O)N[C@@H](CS)C(=O)N[C@@H](Cc1ccccc1)C(=O)NCC(=O)N[C@@H](CCCN=C(N)N)C(=O)N[C@@H](CCCCN)C(N)=O. The zero-order valence-electron chi connectivity index (χ0n) is 43.0. The van der Waals surface area contributed by atoms with Crippen molar-refractivity contribution in [1.82, 2.24) is 47.9 Å². The molecule has 0 aromatic heterocycles. The highest BCUT2D eigenvalue weighted by Crippen LogP contribution is 2.08. The second-order valence-electron chi connectivity index (χ2n) is 17.9. The third-order valence-corrected chi connectivity index (χ3v) is 11.6. The highest BCUT2D eigenvalue weighted by molar-refractivity contribution is 7.80. The van der Waals surface area contributed by atoms with Gasteiger partial charge in [0, 0.05) is 31.6 Å². The molecule has 8 atom stereocenters. The standard InChI is InChI=1S/C46H76N16O14S/c1-24(2)37(49)45(76)60-28(13-15-33(48)64)39(70)54-21-35(66)57-31(22-63)43(74)59-29(14-16-36(67)68)42(73)62-32(23-77)44(75)61-30(19-25-9-4-3-5-10-25)40(71)55-20-34(65)56-27(12-8-18-53-46(51)52)41(72)58-26(38(50)69)11-6-7-17-47/h3-5,9-10,24,26-32,37,63,77H,6-8,11-23,47,49H2,1-2H3,(H2,48,64)(H2,50,69)(H,54,70)(H,55,71)(H,56,65)(H,57,66)(H,58,72)(H,59,74)(H,60,76)(H,61,75)(H,62,73)(H,67,68)(H4,51,52,53)/t26-,27-,28-,29-,30-,31-,32-,37-/m0/s1. The van der Waals surface area contributed by atoms with Crippen LogP contribution in [0.3, 0.4) is 0 Å². The van der Waals surface area contributed by atoms with Crippen molar-refractivity contribution in [2.45, 2.75) is 126 Å². The number of primary amides is 2. The van der Waals surface area contributed by atoms with Crippen molar-refractivity contribution in [1.29, 1.82) is 0 Å². The maximum Gasteiger partial charge on any atom is 0.303 e. The number of guanidine groups is 1. The average Bonchev–Trinajstić information content (AvgIpc) is 3.37. The number of hydrogen-bond acceptors (Lipinski definition) is 17. The van der Waals surface area contributed by atoms with Crippen LogP contribution >= 0.6 is 12.6 Å². The van der Waals surface area contributed by atoms with E-state index >= 15 is 0 Å². The number of carbonyl (C=O) groups excluding carboxylic acids is 11. The number of amides is 11. The molecule has 31 heteroatoms. The number of aliphatic hydroxyl groups excluding tert-OH is 1. The molecule has 77 heavy (non-hydrogen) atoms. The summed E-state index contributed by atoms with van der Waals surface area (Å²) in [6.45, 7) is 1.13. The second kappa shape index (κ2) is 36.4. The normalized spacial score (nSPS) is 14.0. The summed E-state index contributed by atoms with van der Waals surface area (Å²) >= 11 is 4.17. The minimum atomic E-state index is -1.79. The van der Waals surface area contributed by atoms with Gasteiger partial charge in [0.2, 0.25) is 65.0 Å². The lowest BCUT2D eigenvalue weighted by atomic mass is 10.0. The number of hydrogen-bond donors (Lipinski definition) is 18. The number of nitrogens with two attached hydrogens (primary N) is 6. The van der Waals surface area contributed by atoms with Crippen molar-refractivity contribution in [3.05, 3.63) is 35.9 Å². The number of benzene rings is 1. The number of rotatable bonds is 38. The third-order valence-electron chi connectivity index (χ3n) is 11.2. The van der Waals surface area contributed by atoms with E-state index in [4.69, 9.17) is 34.4 Å². The highest BCUT2D eigenvalue weighted by Gasteiger charge is 2.33. The van der Waals surface area contributed by atoms with Crippen LogP contribution in [0.25, 0.3) is 0 Å². The van der Waals surface area contributed by atoms with Gasteiger partial charge in [0.1, 0.15) is 42.3 Å². The number of carbonyl (C=O) groups is 12. The average molecular weight is 1110 g/mol. The quantitative estimate of drug-likeness (QED) is 0.0127. The van der Waals surface area contributed by atoms with Crippen LogP contribution in [0.5, 0.6) is 0 Å². The van der Waals surface area contributed by atoms with Crippen molar-refractivity contribution in [2.24, 2.45) is 45.3 Å². The zero-order chi connectivity index (χ0) is 58.2. The van der Waals surface area contributed by atoms with Gasteiger partial charge < -0.3 is 92.5 Å². The molecule has 1 aromatic carbocycles. The Kier molecular flexibility index (Phi) is 31.8. The van der Waals surface area contributed by atoms with Gasteiger partial charge in [0.05, 0.1) is 25.7 Å². The van der Waals surface area contributed by atoms with E-state index in [2.05, 4.69) is 65.5 Å². The predicted molar refractivity (Wildman–Crippen MR) is 281 cm³/mol. The van der Waals surface area contributed by atoms with Crippen LogP contribution in [0.4, 0.5) is 0 Å². The van der Waals surface area contributed by atoms with Crippen LogP contribution in [0.15, 0.2) is 35.3 Å².